The lowest BCUT2D eigenvalue weighted by Gasteiger charge is -2.30. The van der Waals surface area contributed by atoms with Crippen LogP contribution in [0.15, 0.2) is 12.1 Å². The lowest BCUT2D eigenvalue weighted by atomic mass is 9.89. The van der Waals surface area contributed by atoms with Crippen molar-refractivity contribution in [1.82, 2.24) is 5.32 Å². The number of aliphatic hydroxyl groups excluding tert-OH is 1. The summed E-state index contributed by atoms with van der Waals surface area (Å²) in [4.78, 5) is 12.1. The van der Waals surface area contributed by atoms with Gasteiger partial charge in [0.25, 0.3) is 0 Å². The van der Waals surface area contributed by atoms with Crippen LogP contribution in [0, 0.1) is 5.92 Å². The van der Waals surface area contributed by atoms with Gasteiger partial charge in [0.2, 0.25) is 5.91 Å². The van der Waals surface area contributed by atoms with E-state index >= 15 is 0 Å². The molecule has 1 aliphatic rings. The number of benzene rings is 1. The standard InChI is InChI=1S/C18H27NO3/c1-10(2)13-8-14(12(5)20)17-15(9-13)16(6-7-22-17)19-18(21)11(3)4/h8-12,16,20H,6-7H2,1-5H3,(H,19,21). The maximum absolute atomic E-state index is 12.1. The van der Waals surface area contributed by atoms with E-state index in [4.69, 9.17) is 4.74 Å². The van der Waals surface area contributed by atoms with Crippen LogP contribution in [0.25, 0.3) is 0 Å². The Kier molecular flexibility index (Phi) is 5.12. The highest BCUT2D eigenvalue weighted by Gasteiger charge is 2.28. The van der Waals surface area contributed by atoms with Gasteiger partial charge in [-0.25, -0.2) is 0 Å². The quantitative estimate of drug-likeness (QED) is 0.895. The fourth-order valence-electron chi connectivity index (χ4n) is 2.69. The molecule has 0 fully saturated rings. The molecule has 2 rings (SSSR count). The van der Waals surface area contributed by atoms with Crippen LogP contribution in [0.3, 0.4) is 0 Å². The summed E-state index contributed by atoms with van der Waals surface area (Å²) in [7, 11) is 0. The van der Waals surface area contributed by atoms with E-state index < -0.39 is 6.10 Å². The van der Waals surface area contributed by atoms with E-state index in [-0.39, 0.29) is 17.9 Å². The number of aliphatic hydroxyl groups is 1. The fraction of sp³-hybridized carbons (Fsp3) is 0.611. The van der Waals surface area contributed by atoms with Gasteiger partial charge in [0.05, 0.1) is 18.8 Å². The van der Waals surface area contributed by atoms with Crippen molar-refractivity contribution in [2.75, 3.05) is 6.61 Å². The minimum Gasteiger partial charge on any atom is -0.493 e. The van der Waals surface area contributed by atoms with Gasteiger partial charge in [-0.2, -0.15) is 0 Å². The first-order valence-electron chi connectivity index (χ1n) is 8.10. The number of carbonyl (C=O) groups excluding carboxylic acids is 1. The Morgan fingerprint density at radius 2 is 1.95 bits per heavy atom. The van der Waals surface area contributed by atoms with Gasteiger partial charge in [-0.1, -0.05) is 27.7 Å². The Morgan fingerprint density at radius 1 is 1.27 bits per heavy atom. The van der Waals surface area contributed by atoms with Gasteiger partial charge in [-0.3, -0.25) is 4.79 Å². The number of hydrogen-bond donors (Lipinski definition) is 2. The number of rotatable bonds is 4. The molecule has 1 aromatic carbocycles. The van der Waals surface area contributed by atoms with Gasteiger partial charge in [0.15, 0.2) is 0 Å². The maximum atomic E-state index is 12.1. The number of carbonyl (C=O) groups is 1. The van der Waals surface area contributed by atoms with Crippen molar-refractivity contribution in [3.63, 3.8) is 0 Å². The zero-order chi connectivity index (χ0) is 16.4. The number of ether oxygens (including phenoxy) is 1. The molecule has 1 aromatic rings. The number of nitrogens with one attached hydrogen (secondary N) is 1. The normalized spacial score (nSPS) is 18.8. The van der Waals surface area contributed by atoms with Gasteiger partial charge < -0.3 is 15.2 Å². The third-order valence-electron chi connectivity index (χ3n) is 4.15. The summed E-state index contributed by atoms with van der Waals surface area (Å²) in [5.41, 5.74) is 2.95. The van der Waals surface area contributed by atoms with Crippen LogP contribution in [0.4, 0.5) is 0 Å². The predicted octanol–water partition coefficient (Wildman–Crippen LogP) is 3.46. The maximum Gasteiger partial charge on any atom is 0.223 e. The molecule has 1 amide bonds. The first-order chi connectivity index (χ1) is 10.3. The molecular formula is C18H27NO3. The SMILES string of the molecule is CC(C)C(=O)NC1CCOc2c(C(C)O)cc(C(C)C)cc21. The Labute approximate surface area is 132 Å². The molecule has 0 bridgehead atoms. The molecule has 122 valence electrons. The lowest BCUT2D eigenvalue weighted by Crippen LogP contribution is -2.35. The van der Waals surface area contributed by atoms with E-state index in [0.717, 1.165) is 28.9 Å². The summed E-state index contributed by atoms with van der Waals surface area (Å²) in [5.74, 6) is 1.09. The monoisotopic (exact) mass is 305 g/mol. The third-order valence-corrected chi connectivity index (χ3v) is 4.15. The van der Waals surface area contributed by atoms with Crippen LogP contribution >= 0.6 is 0 Å². The van der Waals surface area contributed by atoms with Crippen LogP contribution in [-0.2, 0) is 4.79 Å². The van der Waals surface area contributed by atoms with Crippen molar-refractivity contribution >= 4 is 5.91 Å². The molecule has 0 aliphatic carbocycles. The van der Waals surface area contributed by atoms with E-state index in [9.17, 15) is 9.90 Å². The van der Waals surface area contributed by atoms with E-state index in [2.05, 4.69) is 25.2 Å². The highest BCUT2D eigenvalue weighted by atomic mass is 16.5. The summed E-state index contributed by atoms with van der Waals surface area (Å²) in [6.07, 6.45) is 0.165. The van der Waals surface area contributed by atoms with Crippen LogP contribution in [-0.4, -0.2) is 17.6 Å². The van der Waals surface area contributed by atoms with Crippen LogP contribution in [0.1, 0.15) is 75.8 Å². The van der Waals surface area contributed by atoms with Gasteiger partial charge in [-0.15, -0.1) is 0 Å². The largest absolute Gasteiger partial charge is 0.493 e. The van der Waals surface area contributed by atoms with Gasteiger partial charge >= 0.3 is 0 Å². The predicted molar refractivity (Wildman–Crippen MR) is 87.0 cm³/mol. The molecule has 0 spiro atoms. The van der Waals surface area contributed by atoms with Gasteiger partial charge in [0.1, 0.15) is 5.75 Å². The van der Waals surface area contributed by atoms with Gasteiger partial charge in [0, 0.05) is 23.5 Å². The highest BCUT2D eigenvalue weighted by Crippen LogP contribution is 2.40. The smallest absolute Gasteiger partial charge is 0.223 e. The van der Waals surface area contributed by atoms with Gasteiger partial charge in [-0.05, 0) is 30.5 Å². The minimum absolute atomic E-state index is 0.0455. The Balaban J connectivity index is 2.45. The fourth-order valence-corrected chi connectivity index (χ4v) is 2.69. The van der Waals surface area contributed by atoms with Crippen molar-refractivity contribution in [1.29, 1.82) is 0 Å². The summed E-state index contributed by atoms with van der Waals surface area (Å²) in [6.45, 7) is 10.3. The molecule has 2 unspecified atom stereocenters. The van der Waals surface area contributed by atoms with Crippen molar-refractivity contribution in [2.45, 2.75) is 59.1 Å². The number of fused-ring (bicyclic) bond motifs is 1. The van der Waals surface area contributed by atoms with E-state index in [1.165, 1.54) is 0 Å². The molecule has 0 aromatic heterocycles. The second-order valence-corrected chi connectivity index (χ2v) is 6.71. The molecule has 0 radical (unpaired) electrons. The third kappa shape index (κ3) is 3.43. The summed E-state index contributed by atoms with van der Waals surface area (Å²) < 4.78 is 5.81. The molecule has 4 heteroatoms. The van der Waals surface area contributed by atoms with Crippen molar-refractivity contribution in [3.05, 3.63) is 28.8 Å². The zero-order valence-corrected chi connectivity index (χ0v) is 14.1. The molecule has 0 saturated heterocycles. The average molecular weight is 305 g/mol. The second-order valence-electron chi connectivity index (χ2n) is 6.71. The molecule has 22 heavy (non-hydrogen) atoms. The van der Waals surface area contributed by atoms with E-state index in [0.29, 0.717) is 12.5 Å². The zero-order valence-electron chi connectivity index (χ0n) is 14.1. The first kappa shape index (κ1) is 16.8. The summed E-state index contributed by atoms with van der Waals surface area (Å²) in [5, 5.41) is 13.2. The molecular weight excluding hydrogens is 278 g/mol. The average Bonchev–Trinajstić information content (AvgIpc) is 2.45. The molecule has 0 saturated carbocycles. The van der Waals surface area contributed by atoms with Crippen molar-refractivity contribution in [3.8, 4) is 5.75 Å². The summed E-state index contributed by atoms with van der Waals surface area (Å²) >= 11 is 0. The van der Waals surface area contributed by atoms with Crippen LogP contribution < -0.4 is 10.1 Å². The van der Waals surface area contributed by atoms with E-state index in [1.54, 1.807) is 6.92 Å². The number of amides is 1. The minimum atomic E-state index is -0.591. The lowest BCUT2D eigenvalue weighted by molar-refractivity contribution is -0.124. The molecule has 2 N–H and O–H groups in total. The Morgan fingerprint density at radius 3 is 2.50 bits per heavy atom. The molecule has 2 atom stereocenters. The topological polar surface area (TPSA) is 58.6 Å². The van der Waals surface area contributed by atoms with Crippen molar-refractivity contribution in [2.24, 2.45) is 5.92 Å². The molecule has 4 nitrogen and oxygen atoms in total. The first-order valence-corrected chi connectivity index (χ1v) is 8.10. The Hall–Kier alpha value is -1.55. The molecule has 1 heterocycles. The molecule has 1 aliphatic heterocycles. The second kappa shape index (κ2) is 6.69. The highest BCUT2D eigenvalue weighted by molar-refractivity contribution is 5.78. The number of hydrogen-bond acceptors (Lipinski definition) is 3. The van der Waals surface area contributed by atoms with E-state index in [1.807, 2.05) is 19.9 Å². The Bertz CT molecular complexity index is 550. The van der Waals surface area contributed by atoms with Crippen LogP contribution in [0.5, 0.6) is 5.75 Å². The van der Waals surface area contributed by atoms with Crippen LogP contribution in [0.2, 0.25) is 0 Å². The summed E-state index contributed by atoms with van der Waals surface area (Å²) in [6, 6.07) is 4.08. The van der Waals surface area contributed by atoms with Crippen molar-refractivity contribution < 1.29 is 14.6 Å².